The molecule has 3 aromatic heterocycles. The summed E-state index contributed by atoms with van der Waals surface area (Å²) in [4.78, 5) is 63.4. The lowest BCUT2D eigenvalue weighted by Crippen LogP contribution is -2.56. The number of furan rings is 1. The zero-order valence-corrected chi connectivity index (χ0v) is 24.4. The fourth-order valence-corrected chi connectivity index (χ4v) is 5.37. The second kappa shape index (κ2) is 12.0. The van der Waals surface area contributed by atoms with Crippen LogP contribution < -0.4 is 10.6 Å². The molecule has 4 amide bonds. The van der Waals surface area contributed by atoms with Crippen molar-refractivity contribution in [1.82, 2.24) is 19.8 Å². The van der Waals surface area contributed by atoms with E-state index in [1.807, 2.05) is 4.90 Å². The van der Waals surface area contributed by atoms with Crippen molar-refractivity contribution in [3.8, 4) is 0 Å². The van der Waals surface area contributed by atoms with Crippen LogP contribution in [-0.4, -0.2) is 74.9 Å². The molecule has 0 spiro atoms. The van der Waals surface area contributed by atoms with Gasteiger partial charge in [-0.15, -0.1) is 0 Å². The van der Waals surface area contributed by atoms with Crippen LogP contribution in [0.1, 0.15) is 57.0 Å². The van der Waals surface area contributed by atoms with E-state index in [2.05, 4.69) is 20.6 Å². The number of aromatic nitrogens is 2. The standard InChI is InChI=1S/C29H33ClN6O6/c1-29(2,3)42-28(40)35-13-14-36(22(37)16-35)19-9-6-17(7-10-19)26(38)34-24-23-20(5-4-12-31-23)41-25(24)27(39)33-21-11-8-18(30)15-32-21/h4-5,8,11-12,15,17,19H,6-7,9-10,13-14,16H2,1-3H3,(H,34,38)(H,32,33,39)/t17-,19-. The van der Waals surface area contributed by atoms with Crippen molar-refractivity contribution < 1.29 is 28.3 Å². The highest BCUT2D eigenvalue weighted by atomic mass is 35.5. The van der Waals surface area contributed by atoms with Crippen LogP contribution in [0, 0.1) is 5.92 Å². The summed E-state index contributed by atoms with van der Waals surface area (Å²) in [6.07, 6.45) is 4.90. The number of fused-ring (bicyclic) bond motifs is 1. The number of piperazine rings is 1. The predicted molar refractivity (Wildman–Crippen MR) is 155 cm³/mol. The van der Waals surface area contributed by atoms with Gasteiger partial charge in [0.2, 0.25) is 17.6 Å². The number of hydrogen-bond acceptors (Lipinski definition) is 8. The van der Waals surface area contributed by atoms with E-state index in [-0.39, 0.29) is 47.6 Å². The Kier molecular flexibility index (Phi) is 8.35. The summed E-state index contributed by atoms with van der Waals surface area (Å²) >= 11 is 5.88. The van der Waals surface area contributed by atoms with E-state index in [1.54, 1.807) is 51.2 Å². The van der Waals surface area contributed by atoms with Gasteiger partial charge < -0.3 is 24.7 Å². The average molecular weight is 597 g/mol. The van der Waals surface area contributed by atoms with Crippen LogP contribution in [0.2, 0.25) is 5.02 Å². The number of rotatable bonds is 5. The highest BCUT2D eigenvalue weighted by Gasteiger charge is 2.37. The molecule has 3 aromatic rings. The lowest BCUT2D eigenvalue weighted by molar-refractivity contribution is -0.139. The minimum Gasteiger partial charge on any atom is -0.447 e. The van der Waals surface area contributed by atoms with Gasteiger partial charge in [-0.05, 0) is 70.7 Å². The smallest absolute Gasteiger partial charge is 0.410 e. The Labute approximate surface area is 247 Å². The summed E-state index contributed by atoms with van der Waals surface area (Å²) in [6.45, 7) is 6.17. The third-order valence-corrected chi connectivity index (χ3v) is 7.51. The quantitative estimate of drug-likeness (QED) is 0.430. The van der Waals surface area contributed by atoms with E-state index in [0.29, 0.717) is 54.9 Å². The molecule has 222 valence electrons. The maximum Gasteiger partial charge on any atom is 0.410 e. The molecule has 5 rings (SSSR count). The lowest BCUT2D eigenvalue weighted by atomic mass is 9.84. The zero-order chi connectivity index (χ0) is 30.0. The Bertz CT molecular complexity index is 1490. The van der Waals surface area contributed by atoms with Crippen LogP contribution in [0.5, 0.6) is 0 Å². The molecule has 1 saturated heterocycles. The molecule has 0 bridgehead atoms. The van der Waals surface area contributed by atoms with E-state index >= 15 is 0 Å². The fraction of sp³-hybridized carbons (Fsp3) is 0.448. The Balaban J connectivity index is 1.21. The maximum absolute atomic E-state index is 13.4. The number of carbonyl (C=O) groups excluding carboxylic acids is 4. The van der Waals surface area contributed by atoms with E-state index in [0.717, 1.165) is 0 Å². The third-order valence-electron chi connectivity index (χ3n) is 7.29. The zero-order valence-electron chi connectivity index (χ0n) is 23.7. The fourth-order valence-electron chi connectivity index (χ4n) is 5.26. The highest BCUT2D eigenvalue weighted by Crippen LogP contribution is 2.33. The van der Waals surface area contributed by atoms with Gasteiger partial charge in [0.25, 0.3) is 5.91 Å². The molecule has 0 atom stereocenters. The van der Waals surface area contributed by atoms with Gasteiger partial charge in [0.05, 0.1) is 5.02 Å². The van der Waals surface area contributed by atoms with Crippen molar-refractivity contribution >= 4 is 58.0 Å². The van der Waals surface area contributed by atoms with Gasteiger partial charge in [0.15, 0.2) is 5.58 Å². The maximum atomic E-state index is 13.4. The van der Waals surface area contributed by atoms with Crippen LogP contribution >= 0.6 is 11.6 Å². The number of carbonyl (C=O) groups is 4. The molecule has 12 nitrogen and oxygen atoms in total. The largest absolute Gasteiger partial charge is 0.447 e. The molecule has 0 radical (unpaired) electrons. The summed E-state index contributed by atoms with van der Waals surface area (Å²) in [5.74, 6) is -1.10. The molecular weight excluding hydrogens is 564 g/mol. The first-order valence-electron chi connectivity index (χ1n) is 13.9. The van der Waals surface area contributed by atoms with Gasteiger partial charge in [-0.2, -0.15) is 0 Å². The third kappa shape index (κ3) is 6.64. The molecule has 2 N–H and O–H groups in total. The number of nitrogens with zero attached hydrogens (tertiary/aromatic N) is 4. The number of halogens is 1. The highest BCUT2D eigenvalue weighted by molar-refractivity contribution is 6.30. The topological polar surface area (TPSA) is 147 Å². The van der Waals surface area contributed by atoms with Gasteiger partial charge in [0.1, 0.15) is 29.2 Å². The first kappa shape index (κ1) is 29.3. The Morgan fingerprint density at radius 1 is 1.05 bits per heavy atom. The molecule has 0 aromatic carbocycles. The molecule has 1 saturated carbocycles. The number of amides is 4. The van der Waals surface area contributed by atoms with Crippen molar-refractivity contribution in [2.75, 3.05) is 30.3 Å². The molecule has 2 aliphatic rings. The van der Waals surface area contributed by atoms with Crippen LogP contribution in [0.25, 0.3) is 11.1 Å². The van der Waals surface area contributed by atoms with Crippen LogP contribution in [-0.2, 0) is 14.3 Å². The van der Waals surface area contributed by atoms with Gasteiger partial charge in [-0.1, -0.05) is 11.6 Å². The Morgan fingerprint density at radius 3 is 2.48 bits per heavy atom. The molecular formula is C29H33ClN6O6. The number of hydrogen-bond donors (Lipinski definition) is 2. The summed E-state index contributed by atoms with van der Waals surface area (Å²) in [7, 11) is 0. The van der Waals surface area contributed by atoms with Crippen LogP contribution in [0.3, 0.4) is 0 Å². The minimum absolute atomic E-state index is 0.00743. The van der Waals surface area contributed by atoms with Crippen molar-refractivity contribution in [1.29, 1.82) is 0 Å². The molecule has 2 fully saturated rings. The number of ether oxygens (including phenoxy) is 1. The van der Waals surface area contributed by atoms with Crippen LogP contribution in [0.15, 0.2) is 41.1 Å². The first-order chi connectivity index (χ1) is 20.0. The lowest BCUT2D eigenvalue weighted by Gasteiger charge is -2.41. The summed E-state index contributed by atoms with van der Waals surface area (Å²) in [5, 5.41) is 5.97. The van der Waals surface area contributed by atoms with Crippen molar-refractivity contribution in [2.24, 2.45) is 5.92 Å². The molecule has 1 aliphatic heterocycles. The predicted octanol–water partition coefficient (Wildman–Crippen LogP) is 4.71. The van der Waals surface area contributed by atoms with E-state index in [9.17, 15) is 19.2 Å². The Hall–Kier alpha value is -4.19. The van der Waals surface area contributed by atoms with Crippen molar-refractivity contribution in [3.05, 3.63) is 47.4 Å². The van der Waals surface area contributed by atoms with E-state index in [1.165, 1.54) is 11.1 Å². The van der Waals surface area contributed by atoms with Crippen molar-refractivity contribution in [2.45, 2.75) is 58.1 Å². The molecule has 0 unspecified atom stereocenters. The van der Waals surface area contributed by atoms with Gasteiger partial charge >= 0.3 is 6.09 Å². The summed E-state index contributed by atoms with van der Waals surface area (Å²) < 4.78 is 11.2. The summed E-state index contributed by atoms with van der Waals surface area (Å²) in [6, 6.07) is 6.49. The Morgan fingerprint density at radius 2 is 1.81 bits per heavy atom. The molecule has 42 heavy (non-hydrogen) atoms. The minimum atomic E-state index is -0.631. The molecule has 1 aliphatic carbocycles. The van der Waals surface area contributed by atoms with Gasteiger partial charge in [0, 0.05) is 37.4 Å². The van der Waals surface area contributed by atoms with E-state index in [4.69, 9.17) is 20.8 Å². The second-order valence-corrected chi connectivity index (χ2v) is 11.9. The number of pyridine rings is 2. The SMILES string of the molecule is CC(C)(C)OC(=O)N1CCN([C@H]2CC[C@H](C(=O)Nc3c(C(=O)Nc4ccc(Cl)cn4)oc4cccnc34)CC2)C(=O)C1. The van der Waals surface area contributed by atoms with Crippen molar-refractivity contribution in [3.63, 3.8) is 0 Å². The second-order valence-electron chi connectivity index (χ2n) is 11.5. The molecule has 13 heteroatoms. The average Bonchev–Trinajstić information content (AvgIpc) is 3.32. The van der Waals surface area contributed by atoms with Gasteiger partial charge in [-0.3, -0.25) is 24.3 Å². The number of nitrogens with one attached hydrogen (secondary N) is 2. The van der Waals surface area contributed by atoms with Crippen LogP contribution in [0.4, 0.5) is 16.3 Å². The monoisotopic (exact) mass is 596 g/mol. The normalized spacial score (nSPS) is 19.5. The summed E-state index contributed by atoms with van der Waals surface area (Å²) in [5.41, 5.74) is 0.280. The number of anilines is 2. The van der Waals surface area contributed by atoms with Gasteiger partial charge in [-0.25, -0.2) is 9.78 Å². The molecule has 4 heterocycles. The van der Waals surface area contributed by atoms with E-state index < -0.39 is 17.6 Å². The first-order valence-corrected chi connectivity index (χ1v) is 14.2.